The van der Waals surface area contributed by atoms with Gasteiger partial charge in [0.25, 0.3) is 0 Å². The van der Waals surface area contributed by atoms with E-state index in [-0.39, 0.29) is 12.5 Å². The van der Waals surface area contributed by atoms with Gasteiger partial charge in [-0.05, 0) is 6.92 Å². The van der Waals surface area contributed by atoms with E-state index in [9.17, 15) is 0 Å². The van der Waals surface area contributed by atoms with Crippen molar-refractivity contribution in [3.05, 3.63) is 0 Å². The Balaban J connectivity index is 2.51. The first-order chi connectivity index (χ1) is 5.09. The minimum atomic E-state index is -1.46. The Kier molecular flexibility index (Phi) is 2.80. The fraction of sp³-hybridized carbons (Fsp3) is 1.00. The number of aliphatic hydroxyl groups is 3. The highest BCUT2D eigenvalue weighted by Gasteiger charge is 2.28. The molecular formula is C6H12O5. The second-order valence-electron chi connectivity index (χ2n) is 2.55. The van der Waals surface area contributed by atoms with Crippen molar-refractivity contribution in [2.75, 3.05) is 0 Å². The summed E-state index contributed by atoms with van der Waals surface area (Å²) in [5, 5.41) is 26.8. The van der Waals surface area contributed by atoms with Crippen LogP contribution < -0.4 is 0 Å². The molecule has 66 valence electrons. The summed E-state index contributed by atoms with van der Waals surface area (Å²) in [5.41, 5.74) is 0. The number of rotatable bonds is 0. The Labute approximate surface area is 64.2 Å². The third kappa shape index (κ3) is 2.39. The van der Waals surface area contributed by atoms with E-state index in [0.717, 1.165) is 0 Å². The van der Waals surface area contributed by atoms with Crippen LogP contribution in [0.2, 0.25) is 0 Å². The molecule has 0 aromatic rings. The van der Waals surface area contributed by atoms with Gasteiger partial charge >= 0.3 is 0 Å². The van der Waals surface area contributed by atoms with Crippen LogP contribution in [0, 0.1) is 0 Å². The van der Waals surface area contributed by atoms with E-state index in [0.29, 0.717) is 0 Å². The lowest BCUT2D eigenvalue weighted by Gasteiger charge is -2.15. The maximum atomic E-state index is 8.97. The fourth-order valence-corrected chi connectivity index (χ4v) is 0.928. The molecule has 0 amide bonds. The Morgan fingerprint density at radius 3 is 2.27 bits per heavy atom. The summed E-state index contributed by atoms with van der Waals surface area (Å²) in [4.78, 5) is 0. The van der Waals surface area contributed by atoms with Crippen LogP contribution in [0.5, 0.6) is 0 Å². The average molecular weight is 164 g/mol. The van der Waals surface area contributed by atoms with Gasteiger partial charge in [-0.2, -0.15) is 0 Å². The summed E-state index contributed by atoms with van der Waals surface area (Å²) >= 11 is 0. The van der Waals surface area contributed by atoms with Crippen LogP contribution in [0.4, 0.5) is 0 Å². The molecule has 0 aromatic heterocycles. The molecule has 3 N–H and O–H groups in total. The van der Waals surface area contributed by atoms with E-state index in [1.807, 2.05) is 0 Å². The van der Waals surface area contributed by atoms with E-state index < -0.39 is 18.9 Å². The lowest BCUT2D eigenvalue weighted by atomic mass is 10.3. The predicted molar refractivity (Wildman–Crippen MR) is 34.3 cm³/mol. The van der Waals surface area contributed by atoms with E-state index >= 15 is 0 Å². The van der Waals surface area contributed by atoms with Crippen LogP contribution in [-0.4, -0.2) is 40.3 Å². The van der Waals surface area contributed by atoms with Gasteiger partial charge in [-0.1, -0.05) is 0 Å². The first kappa shape index (κ1) is 8.89. The molecular weight excluding hydrogens is 152 g/mol. The van der Waals surface area contributed by atoms with Gasteiger partial charge in [-0.25, -0.2) is 0 Å². The quantitative estimate of drug-likeness (QED) is 0.417. The van der Waals surface area contributed by atoms with E-state index in [2.05, 4.69) is 4.74 Å². The molecule has 0 spiro atoms. The van der Waals surface area contributed by atoms with Crippen LogP contribution in [0.15, 0.2) is 0 Å². The highest BCUT2D eigenvalue weighted by atomic mass is 16.7. The molecule has 1 saturated heterocycles. The molecule has 4 atom stereocenters. The summed E-state index contributed by atoms with van der Waals surface area (Å²) in [5.74, 6) is 0. The van der Waals surface area contributed by atoms with E-state index in [1.165, 1.54) is 0 Å². The van der Waals surface area contributed by atoms with Crippen molar-refractivity contribution in [1.29, 1.82) is 0 Å². The lowest BCUT2D eigenvalue weighted by Crippen LogP contribution is -2.31. The first-order valence-corrected chi connectivity index (χ1v) is 3.44. The highest BCUT2D eigenvalue weighted by molar-refractivity contribution is 4.61. The molecule has 5 nitrogen and oxygen atoms in total. The molecule has 0 aromatic carbocycles. The minimum Gasteiger partial charge on any atom is -0.368 e. The molecule has 3 unspecified atom stereocenters. The smallest absolute Gasteiger partial charge is 0.209 e. The van der Waals surface area contributed by atoms with Crippen LogP contribution in [0.1, 0.15) is 13.3 Å². The maximum absolute atomic E-state index is 8.97. The molecule has 1 heterocycles. The Bertz CT molecular complexity index is 114. The van der Waals surface area contributed by atoms with Gasteiger partial charge in [-0.3, -0.25) is 0 Å². The normalized spacial score (nSPS) is 46.9. The van der Waals surface area contributed by atoms with Crippen molar-refractivity contribution in [3.63, 3.8) is 0 Å². The highest BCUT2D eigenvalue weighted by Crippen LogP contribution is 2.14. The minimum absolute atomic E-state index is 0.244. The van der Waals surface area contributed by atoms with E-state index in [1.54, 1.807) is 6.92 Å². The zero-order chi connectivity index (χ0) is 8.43. The second kappa shape index (κ2) is 3.46. The van der Waals surface area contributed by atoms with Gasteiger partial charge in [0, 0.05) is 6.42 Å². The van der Waals surface area contributed by atoms with Crippen molar-refractivity contribution in [3.8, 4) is 0 Å². The van der Waals surface area contributed by atoms with Gasteiger partial charge in [0.15, 0.2) is 6.29 Å². The van der Waals surface area contributed by atoms with Crippen molar-refractivity contribution >= 4 is 0 Å². The number of ether oxygens (including phenoxy) is 2. The molecule has 1 aliphatic heterocycles. The fourth-order valence-electron chi connectivity index (χ4n) is 0.928. The third-order valence-corrected chi connectivity index (χ3v) is 1.45. The van der Waals surface area contributed by atoms with Crippen molar-refractivity contribution in [1.82, 2.24) is 0 Å². The second-order valence-corrected chi connectivity index (χ2v) is 2.55. The summed E-state index contributed by atoms with van der Waals surface area (Å²) in [7, 11) is 0. The van der Waals surface area contributed by atoms with Gasteiger partial charge in [0.2, 0.25) is 12.6 Å². The summed E-state index contributed by atoms with van der Waals surface area (Å²) < 4.78 is 9.34. The topological polar surface area (TPSA) is 79.2 Å². The standard InChI is InChI=1S/C6H12O5/c1-3-2-4(7)11-6(9)5(8)10-3/h3-9H,2H2,1H3/t3?,4-,5?,6?/m0/s1. The van der Waals surface area contributed by atoms with Gasteiger partial charge in [0.1, 0.15) is 0 Å². The van der Waals surface area contributed by atoms with Gasteiger partial charge in [0.05, 0.1) is 6.10 Å². The lowest BCUT2D eigenvalue weighted by molar-refractivity contribution is -0.272. The predicted octanol–water partition coefficient (Wildman–Crippen LogP) is -1.23. The van der Waals surface area contributed by atoms with E-state index in [4.69, 9.17) is 20.1 Å². The molecule has 1 fully saturated rings. The summed E-state index contributed by atoms with van der Waals surface area (Å²) in [6.45, 7) is 1.67. The Morgan fingerprint density at radius 2 is 1.64 bits per heavy atom. The molecule has 0 saturated carbocycles. The monoisotopic (exact) mass is 164 g/mol. The molecule has 1 rings (SSSR count). The number of hydrogen-bond donors (Lipinski definition) is 3. The van der Waals surface area contributed by atoms with Crippen molar-refractivity contribution < 1.29 is 24.8 Å². The zero-order valence-corrected chi connectivity index (χ0v) is 6.17. The van der Waals surface area contributed by atoms with Gasteiger partial charge in [-0.15, -0.1) is 0 Å². The maximum Gasteiger partial charge on any atom is 0.209 e. The number of hydrogen-bond acceptors (Lipinski definition) is 5. The van der Waals surface area contributed by atoms with Crippen molar-refractivity contribution in [2.24, 2.45) is 0 Å². The number of aliphatic hydroxyl groups excluding tert-OH is 3. The Morgan fingerprint density at radius 1 is 1.09 bits per heavy atom. The third-order valence-electron chi connectivity index (χ3n) is 1.45. The molecule has 0 radical (unpaired) electrons. The molecule has 5 heteroatoms. The largest absolute Gasteiger partial charge is 0.368 e. The molecule has 0 bridgehead atoms. The molecule has 11 heavy (non-hydrogen) atoms. The van der Waals surface area contributed by atoms with Crippen LogP contribution in [0.25, 0.3) is 0 Å². The zero-order valence-electron chi connectivity index (χ0n) is 6.17. The molecule has 0 aliphatic carbocycles. The summed E-state index contributed by atoms with van der Waals surface area (Å²) in [6.07, 6.45) is -3.99. The summed E-state index contributed by atoms with van der Waals surface area (Å²) in [6, 6.07) is 0. The van der Waals surface area contributed by atoms with Crippen LogP contribution in [0.3, 0.4) is 0 Å². The average Bonchev–Trinajstić information content (AvgIpc) is 1.93. The SMILES string of the molecule is CC1C[C@@H](O)OC(O)C(O)O1. The van der Waals surface area contributed by atoms with Crippen molar-refractivity contribution in [2.45, 2.75) is 38.3 Å². The van der Waals surface area contributed by atoms with Crippen LogP contribution >= 0.6 is 0 Å². The van der Waals surface area contributed by atoms with Gasteiger partial charge < -0.3 is 24.8 Å². The van der Waals surface area contributed by atoms with Crippen LogP contribution in [-0.2, 0) is 9.47 Å². The Hall–Kier alpha value is -0.200. The molecule has 1 aliphatic rings. The first-order valence-electron chi connectivity index (χ1n) is 3.44.